The van der Waals surface area contributed by atoms with Crippen LogP contribution in [0.5, 0.6) is 0 Å². The molecule has 4 saturated carbocycles. The number of ether oxygens (including phenoxy) is 1. The van der Waals surface area contributed by atoms with E-state index in [-0.39, 0.29) is 35.7 Å². The number of rotatable bonds is 2. The van der Waals surface area contributed by atoms with Crippen molar-refractivity contribution in [2.75, 3.05) is 13.2 Å². The van der Waals surface area contributed by atoms with E-state index in [4.69, 9.17) is 4.74 Å². The smallest absolute Gasteiger partial charge is 0.331 e. The van der Waals surface area contributed by atoms with Gasteiger partial charge in [0, 0.05) is 23.3 Å². The van der Waals surface area contributed by atoms with Crippen LogP contribution in [0, 0.1) is 28.6 Å². The molecule has 8 atom stereocenters. The van der Waals surface area contributed by atoms with Crippen molar-refractivity contribution in [3.8, 4) is 0 Å². The summed E-state index contributed by atoms with van der Waals surface area (Å²) in [4.78, 5) is 11.6. The first-order valence-corrected chi connectivity index (χ1v) is 11.3. The molecule has 5 aliphatic rings. The molecule has 4 fully saturated rings. The molecule has 162 valence electrons. The van der Waals surface area contributed by atoms with Crippen molar-refractivity contribution in [2.24, 2.45) is 28.6 Å². The highest BCUT2D eigenvalue weighted by atomic mass is 16.5. The van der Waals surface area contributed by atoms with E-state index < -0.39 is 22.7 Å². The van der Waals surface area contributed by atoms with E-state index in [1.165, 1.54) is 0 Å². The third-order valence-corrected chi connectivity index (χ3v) is 10.1. The molecule has 0 saturated heterocycles. The van der Waals surface area contributed by atoms with E-state index in [9.17, 15) is 25.2 Å². The summed E-state index contributed by atoms with van der Waals surface area (Å²) < 4.78 is 5.17. The lowest BCUT2D eigenvalue weighted by molar-refractivity contribution is -0.269. The molecule has 0 amide bonds. The van der Waals surface area contributed by atoms with Gasteiger partial charge in [0.05, 0.1) is 23.9 Å². The Kier molecular flexibility index (Phi) is 4.33. The quantitative estimate of drug-likeness (QED) is 0.520. The molecule has 1 aliphatic heterocycles. The van der Waals surface area contributed by atoms with E-state index in [0.29, 0.717) is 45.1 Å². The van der Waals surface area contributed by atoms with E-state index in [2.05, 4.69) is 6.92 Å². The molecule has 1 heterocycles. The van der Waals surface area contributed by atoms with Crippen LogP contribution in [-0.4, -0.2) is 56.9 Å². The van der Waals surface area contributed by atoms with Crippen molar-refractivity contribution in [1.82, 2.24) is 0 Å². The van der Waals surface area contributed by atoms with Gasteiger partial charge in [-0.2, -0.15) is 0 Å². The number of hydrogen-bond acceptors (Lipinski definition) is 6. The number of cyclic esters (lactones) is 1. The van der Waals surface area contributed by atoms with Crippen molar-refractivity contribution >= 4 is 5.97 Å². The minimum Gasteiger partial charge on any atom is -0.458 e. The summed E-state index contributed by atoms with van der Waals surface area (Å²) in [6.45, 7) is 2.41. The Labute approximate surface area is 172 Å². The van der Waals surface area contributed by atoms with Gasteiger partial charge in [-0.1, -0.05) is 6.92 Å². The van der Waals surface area contributed by atoms with Gasteiger partial charge in [0.1, 0.15) is 6.61 Å². The molecule has 0 aromatic carbocycles. The van der Waals surface area contributed by atoms with Crippen LogP contribution in [0.4, 0.5) is 0 Å². The zero-order valence-electron chi connectivity index (χ0n) is 17.3. The summed E-state index contributed by atoms with van der Waals surface area (Å²) in [6, 6.07) is 0. The summed E-state index contributed by atoms with van der Waals surface area (Å²) in [5.74, 6) is -0.0760. The molecule has 5 rings (SSSR count). The van der Waals surface area contributed by atoms with Crippen molar-refractivity contribution in [3.63, 3.8) is 0 Å². The molecular formula is C23H34O6. The molecule has 29 heavy (non-hydrogen) atoms. The molecule has 0 aromatic heterocycles. The second kappa shape index (κ2) is 6.28. The Bertz CT molecular complexity index is 750. The van der Waals surface area contributed by atoms with Gasteiger partial charge in [-0.15, -0.1) is 0 Å². The maximum Gasteiger partial charge on any atom is 0.331 e. The number of aliphatic hydroxyl groups is 4. The van der Waals surface area contributed by atoms with Crippen LogP contribution < -0.4 is 0 Å². The van der Waals surface area contributed by atoms with Gasteiger partial charge in [-0.3, -0.25) is 0 Å². The SMILES string of the molecule is C[C@]12CC[C@H]3[C@@H](CCC4(O)CC(O)CC[C@]34CO)[C@]1(O)CC[C@@H]2C1=CC(=O)OC1. The molecular weight excluding hydrogens is 372 g/mol. The number of hydrogen-bond donors (Lipinski definition) is 4. The Morgan fingerprint density at radius 3 is 2.52 bits per heavy atom. The van der Waals surface area contributed by atoms with Gasteiger partial charge in [0.25, 0.3) is 0 Å². The molecule has 4 N–H and O–H groups in total. The zero-order valence-corrected chi connectivity index (χ0v) is 17.3. The zero-order chi connectivity index (χ0) is 20.7. The van der Waals surface area contributed by atoms with Crippen LogP contribution in [0.1, 0.15) is 64.7 Å². The molecule has 0 bridgehead atoms. The van der Waals surface area contributed by atoms with Crippen molar-refractivity contribution in [3.05, 3.63) is 11.6 Å². The monoisotopic (exact) mass is 406 g/mol. The van der Waals surface area contributed by atoms with E-state index in [0.717, 1.165) is 24.8 Å². The minimum absolute atomic E-state index is 0.0209. The Morgan fingerprint density at radius 2 is 1.83 bits per heavy atom. The highest BCUT2D eigenvalue weighted by Crippen LogP contribution is 2.70. The van der Waals surface area contributed by atoms with Crippen LogP contribution in [0.3, 0.4) is 0 Å². The number of esters is 1. The van der Waals surface area contributed by atoms with Gasteiger partial charge in [0.15, 0.2) is 0 Å². The number of aliphatic hydroxyl groups excluding tert-OH is 2. The maximum atomic E-state index is 12.1. The fourth-order valence-corrected chi connectivity index (χ4v) is 8.52. The second-order valence-electron chi connectivity index (χ2n) is 10.8. The average Bonchev–Trinajstić information content (AvgIpc) is 3.21. The van der Waals surface area contributed by atoms with E-state index in [1.807, 2.05) is 0 Å². The van der Waals surface area contributed by atoms with Crippen molar-refractivity contribution < 1.29 is 30.0 Å². The molecule has 4 aliphatic carbocycles. The second-order valence-corrected chi connectivity index (χ2v) is 10.8. The lowest BCUT2D eigenvalue weighted by atomic mass is 9.41. The number of fused-ring (bicyclic) bond motifs is 5. The van der Waals surface area contributed by atoms with Gasteiger partial charge in [0.2, 0.25) is 0 Å². The fraction of sp³-hybridized carbons (Fsp3) is 0.870. The van der Waals surface area contributed by atoms with E-state index >= 15 is 0 Å². The molecule has 6 heteroatoms. The molecule has 0 radical (unpaired) electrons. The van der Waals surface area contributed by atoms with Crippen LogP contribution in [-0.2, 0) is 9.53 Å². The predicted molar refractivity (Wildman–Crippen MR) is 105 cm³/mol. The highest BCUT2D eigenvalue weighted by Gasteiger charge is 2.71. The number of carbonyl (C=O) groups excluding carboxylic acids is 1. The summed E-state index contributed by atoms with van der Waals surface area (Å²) in [6.07, 6.45) is 7.02. The lowest BCUT2D eigenvalue weighted by Crippen LogP contribution is -2.69. The van der Waals surface area contributed by atoms with Gasteiger partial charge < -0.3 is 25.2 Å². The summed E-state index contributed by atoms with van der Waals surface area (Å²) >= 11 is 0. The highest BCUT2D eigenvalue weighted by molar-refractivity contribution is 5.85. The first kappa shape index (κ1) is 20.0. The average molecular weight is 407 g/mol. The standard InChI is InChI=1S/C23H34O6/c1-20-6-3-17-18(4-8-22(27)11-15(25)2-7-21(17,22)13-24)23(20,28)9-5-16(20)14-10-19(26)29-12-14/h10,15-18,24-25,27-28H,2-9,11-13H2,1H3/t15?,16-,17+,18-,20-,21+,22?,23-/m1/s1. The van der Waals surface area contributed by atoms with Gasteiger partial charge in [-0.25, -0.2) is 4.79 Å². The summed E-state index contributed by atoms with van der Waals surface area (Å²) in [7, 11) is 0. The Hall–Kier alpha value is -0.950. The van der Waals surface area contributed by atoms with E-state index in [1.54, 1.807) is 6.08 Å². The minimum atomic E-state index is -1.06. The van der Waals surface area contributed by atoms with Crippen LogP contribution >= 0.6 is 0 Å². The maximum absolute atomic E-state index is 12.1. The molecule has 2 unspecified atom stereocenters. The van der Waals surface area contributed by atoms with Crippen molar-refractivity contribution in [1.29, 1.82) is 0 Å². The molecule has 6 nitrogen and oxygen atoms in total. The molecule has 0 spiro atoms. The van der Waals surface area contributed by atoms with Crippen LogP contribution in [0.15, 0.2) is 11.6 Å². The Morgan fingerprint density at radius 1 is 1.07 bits per heavy atom. The van der Waals surface area contributed by atoms with Crippen LogP contribution in [0.2, 0.25) is 0 Å². The Balaban J connectivity index is 1.51. The molecule has 0 aromatic rings. The first-order valence-electron chi connectivity index (χ1n) is 11.3. The predicted octanol–water partition coefficient (Wildman–Crippen LogP) is 1.69. The largest absolute Gasteiger partial charge is 0.458 e. The van der Waals surface area contributed by atoms with Crippen LogP contribution in [0.25, 0.3) is 0 Å². The van der Waals surface area contributed by atoms with Crippen molar-refractivity contribution in [2.45, 2.75) is 82.0 Å². The number of carbonyl (C=O) groups is 1. The third kappa shape index (κ3) is 2.40. The van der Waals surface area contributed by atoms with Gasteiger partial charge >= 0.3 is 5.97 Å². The lowest BCUT2D eigenvalue weighted by Gasteiger charge is -2.66. The fourth-order valence-electron chi connectivity index (χ4n) is 8.52. The third-order valence-electron chi connectivity index (χ3n) is 10.1. The summed E-state index contributed by atoms with van der Waals surface area (Å²) in [5, 5.41) is 44.4. The topological polar surface area (TPSA) is 107 Å². The van der Waals surface area contributed by atoms with Gasteiger partial charge in [-0.05, 0) is 74.7 Å². The normalized spacial score (nSPS) is 54.2. The first-order chi connectivity index (χ1) is 13.7. The summed E-state index contributed by atoms with van der Waals surface area (Å²) in [5.41, 5.74) is -1.88.